The molecule has 39 heavy (non-hydrogen) atoms. The van der Waals surface area contributed by atoms with Gasteiger partial charge in [-0.2, -0.15) is 13.2 Å². The Labute approximate surface area is 224 Å². The third kappa shape index (κ3) is 7.34. The maximum atomic E-state index is 12.9. The third-order valence-electron chi connectivity index (χ3n) is 6.24. The van der Waals surface area contributed by atoms with Crippen LogP contribution >= 0.6 is 0 Å². The Morgan fingerprint density at radius 1 is 1.03 bits per heavy atom. The average Bonchev–Trinajstić information content (AvgIpc) is 3.74. The molecule has 0 bridgehead atoms. The van der Waals surface area contributed by atoms with Gasteiger partial charge in [-0.3, -0.25) is 4.79 Å². The number of alkyl halides is 3. The molecule has 2 aromatic carbocycles. The largest absolute Gasteiger partial charge is 0.476 e. The lowest BCUT2D eigenvalue weighted by atomic mass is 10.1. The van der Waals surface area contributed by atoms with Gasteiger partial charge in [0.25, 0.3) is 0 Å². The summed E-state index contributed by atoms with van der Waals surface area (Å²) in [6.45, 7) is 5.56. The van der Waals surface area contributed by atoms with Gasteiger partial charge < -0.3 is 14.8 Å². The minimum atomic E-state index is -4.41. The van der Waals surface area contributed by atoms with Crippen LogP contribution in [-0.4, -0.2) is 34.1 Å². The van der Waals surface area contributed by atoms with E-state index < -0.39 is 23.3 Å². The van der Waals surface area contributed by atoms with Gasteiger partial charge >= 0.3 is 12.1 Å². The highest BCUT2D eigenvalue weighted by Gasteiger charge is 2.32. The molecule has 1 fully saturated rings. The van der Waals surface area contributed by atoms with Gasteiger partial charge in [0.15, 0.2) is 11.4 Å². The molecule has 0 unspecified atom stereocenters. The van der Waals surface area contributed by atoms with Crippen LogP contribution in [0.5, 0.6) is 5.75 Å². The monoisotopic (exact) mass is 541 g/mol. The number of nitrogens with zero attached hydrogens (tertiary/aromatic N) is 2. The van der Waals surface area contributed by atoms with Gasteiger partial charge in [0.1, 0.15) is 5.75 Å². The van der Waals surface area contributed by atoms with Crippen LogP contribution in [0.25, 0.3) is 11.4 Å². The highest BCUT2D eigenvalue weighted by molar-refractivity contribution is 5.79. The fourth-order valence-corrected chi connectivity index (χ4v) is 3.97. The van der Waals surface area contributed by atoms with Crippen LogP contribution in [0.4, 0.5) is 13.2 Å². The molecule has 10 heteroatoms. The number of amides is 1. The Morgan fingerprint density at radius 3 is 2.28 bits per heavy atom. The van der Waals surface area contributed by atoms with Crippen molar-refractivity contribution in [2.75, 3.05) is 6.61 Å². The summed E-state index contributed by atoms with van der Waals surface area (Å²) in [5.74, 6) is 0.399. The van der Waals surface area contributed by atoms with E-state index in [1.807, 2.05) is 0 Å². The van der Waals surface area contributed by atoms with E-state index in [2.05, 4.69) is 15.3 Å². The summed E-state index contributed by atoms with van der Waals surface area (Å²) in [5, 5.41) is 2.89. The Hall–Kier alpha value is -3.95. The van der Waals surface area contributed by atoms with Crippen molar-refractivity contribution >= 4 is 11.9 Å². The minimum absolute atomic E-state index is 0.0913. The van der Waals surface area contributed by atoms with E-state index in [1.54, 1.807) is 51.2 Å². The third-order valence-corrected chi connectivity index (χ3v) is 6.24. The first-order chi connectivity index (χ1) is 18.5. The number of esters is 1. The lowest BCUT2D eigenvalue weighted by Crippen LogP contribution is -2.39. The summed E-state index contributed by atoms with van der Waals surface area (Å²) < 4.78 is 49.4. The van der Waals surface area contributed by atoms with E-state index in [4.69, 9.17) is 9.47 Å². The molecule has 1 amide bonds. The maximum absolute atomic E-state index is 12.9. The SMILES string of the molecule is CCOC(=O)C(C)(C)Oc1ccc(CNC(=O)Cc2cnc(-c3ccc(C(F)(F)F)cc3)nc2C2CC2)cc1. The van der Waals surface area contributed by atoms with E-state index in [0.29, 0.717) is 29.2 Å². The number of benzene rings is 2. The summed E-state index contributed by atoms with van der Waals surface area (Å²) in [6.07, 6.45) is -0.843. The summed E-state index contributed by atoms with van der Waals surface area (Å²) in [4.78, 5) is 33.7. The summed E-state index contributed by atoms with van der Waals surface area (Å²) in [5.41, 5.74) is 0.940. The topological polar surface area (TPSA) is 90.4 Å². The van der Waals surface area contributed by atoms with E-state index in [9.17, 15) is 22.8 Å². The molecule has 7 nitrogen and oxygen atoms in total. The van der Waals surface area contributed by atoms with Crippen molar-refractivity contribution in [3.05, 3.63) is 77.1 Å². The molecular formula is C29H30F3N3O4. The zero-order chi connectivity index (χ0) is 28.2. The summed E-state index contributed by atoms with van der Waals surface area (Å²) >= 11 is 0. The number of ether oxygens (including phenoxy) is 2. The smallest absolute Gasteiger partial charge is 0.416 e. The van der Waals surface area contributed by atoms with E-state index >= 15 is 0 Å². The molecule has 0 saturated heterocycles. The molecular weight excluding hydrogens is 511 g/mol. The molecule has 0 radical (unpaired) electrons. The fraction of sp³-hybridized carbons (Fsp3) is 0.379. The lowest BCUT2D eigenvalue weighted by Gasteiger charge is -2.24. The Balaban J connectivity index is 1.36. The van der Waals surface area contributed by atoms with Crippen LogP contribution in [0.2, 0.25) is 0 Å². The van der Waals surface area contributed by atoms with Crippen molar-refractivity contribution in [1.82, 2.24) is 15.3 Å². The lowest BCUT2D eigenvalue weighted by molar-refractivity contribution is -0.158. The molecule has 1 heterocycles. The van der Waals surface area contributed by atoms with E-state index in [1.165, 1.54) is 12.1 Å². The van der Waals surface area contributed by atoms with Gasteiger partial charge in [0, 0.05) is 29.8 Å². The standard InChI is InChI=1S/C29H30F3N3O4/c1-4-38-27(37)28(2,3)39-23-13-5-18(6-14-23)16-33-24(36)15-21-17-34-26(35-25(21)19-7-8-19)20-9-11-22(12-10-20)29(30,31)32/h5-6,9-14,17,19H,4,7-8,15-16H2,1-3H3,(H,33,36). The van der Waals surface area contributed by atoms with E-state index in [-0.39, 0.29) is 24.9 Å². The number of hydrogen-bond acceptors (Lipinski definition) is 6. The van der Waals surface area contributed by atoms with Crippen LogP contribution in [0.15, 0.2) is 54.7 Å². The van der Waals surface area contributed by atoms with Gasteiger partial charge in [-0.25, -0.2) is 14.8 Å². The Bertz CT molecular complexity index is 1320. The van der Waals surface area contributed by atoms with Gasteiger partial charge in [0.2, 0.25) is 5.91 Å². The molecule has 1 aliphatic carbocycles. The normalized spacial score (nSPS) is 13.6. The fourth-order valence-electron chi connectivity index (χ4n) is 3.97. The molecule has 1 N–H and O–H groups in total. The number of carbonyl (C=O) groups is 2. The van der Waals surface area contributed by atoms with Crippen molar-refractivity contribution in [3.63, 3.8) is 0 Å². The first-order valence-electron chi connectivity index (χ1n) is 12.7. The number of hydrogen-bond donors (Lipinski definition) is 1. The molecule has 206 valence electrons. The number of halogens is 3. The predicted octanol–water partition coefficient (Wildman–Crippen LogP) is 5.62. The number of rotatable bonds is 10. The summed E-state index contributed by atoms with van der Waals surface area (Å²) in [6, 6.07) is 11.8. The van der Waals surface area contributed by atoms with E-state index in [0.717, 1.165) is 36.2 Å². The highest BCUT2D eigenvalue weighted by atomic mass is 19.4. The van der Waals surface area contributed by atoms with Gasteiger partial charge in [-0.05, 0) is 63.4 Å². The molecule has 1 aliphatic rings. The van der Waals surface area contributed by atoms with Crippen LogP contribution in [-0.2, 0) is 33.5 Å². The molecule has 0 spiro atoms. The predicted molar refractivity (Wildman–Crippen MR) is 138 cm³/mol. The Morgan fingerprint density at radius 2 is 1.69 bits per heavy atom. The second kappa shape index (κ2) is 11.4. The number of aromatic nitrogens is 2. The first kappa shape index (κ1) is 28.1. The van der Waals surface area contributed by atoms with Gasteiger partial charge in [0.05, 0.1) is 24.3 Å². The van der Waals surface area contributed by atoms with Crippen molar-refractivity contribution in [2.45, 2.75) is 64.3 Å². The molecule has 3 aromatic rings. The van der Waals surface area contributed by atoms with Crippen molar-refractivity contribution < 1.29 is 32.2 Å². The molecule has 0 aliphatic heterocycles. The van der Waals surface area contributed by atoms with Gasteiger partial charge in [-0.15, -0.1) is 0 Å². The second-order valence-corrected chi connectivity index (χ2v) is 9.88. The quantitative estimate of drug-likeness (QED) is 0.335. The van der Waals surface area contributed by atoms with Crippen LogP contribution in [0.3, 0.4) is 0 Å². The van der Waals surface area contributed by atoms with Crippen LogP contribution < -0.4 is 10.1 Å². The first-order valence-corrected chi connectivity index (χ1v) is 12.7. The second-order valence-electron chi connectivity index (χ2n) is 9.88. The van der Waals surface area contributed by atoms with Crippen LogP contribution in [0, 0.1) is 0 Å². The summed E-state index contributed by atoms with van der Waals surface area (Å²) in [7, 11) is 0. The number of nitrogens with one attached hydrogen (secondary N) is 1. The van der Waals surface area contributed by atoms with Crippen LogP contribution in [0.1, 0.15) is 61.9 Å². The van der Waals surface area contributed by atoms with Crippen molar-refractivity contribution in [3.8, 4) is 17.1 Å². The zero-order valence-corrected chi connectivity index (χ0v) is 22.0. The molecule has 1 saturated carbocycles. The Kier molecular flexibility index (Phi) is 8.22. The average molecular weight is 542 g/mol. The maximum Gasteiger partial charge on any atom is 0.416 e. The molecule has 0 atom stereocenters. The molecule has 4 rings (SSSR count). The minimum Gasteiger partial charge on any atom is -0.476 e. The van der Waals surface area contributed by atoms with Crippen molar-refractivity contribution in [2.24, 2.45) is 0 Å². The highest BCUT2D eigenvalue weighted by Crippen LogP contribution is 2.41. The van der Waals surface area contributed by atoms with Gasteiger partial charge in [-0.1, -0.05) is 24.3 Å². The molecule has 1 aromatic heterocycles. The number of carbonyl (C=O) groups excluding carboxylic acids is 2. The zero-order valence-electron chi connectivity index (χ0n) is 22.0. The van der Waals surface area contributed by atoms with Crippen molar-refractivity contribution in [1.29, 1.82) is 0 Å².